The highest BCUT2D eigenvalue weighted by molar-refractivity contribution is 5.89. The minimum atomic E-state index is -0.321. The molecular formula is C20H16O3. The molecule has 114 valence electrons. The van der Waals surface area contributed by atoms with E-state index in [9.17, 15) is 4.79 Å². The van der Waals surface area contributed by atoms with Gasteiger partial charge in [0.1, 0.15) is 11.9 Å². The Hall–Kier alpha value is -2.81. The van der Waals surface area contributed by atoms with Crippen LogP contribution in [0.4, 0.5) is 0 Å². The fourth-order valence-electron chi connectivity index (χ4n) is 3.15. The Kier molecular flexibility index (Phi) is 3.27. The van der Waals surface area contributed by atoms with Crippen LogP contribution >= 0.6 is 0 Å². The molecule has 0 spiro atoms. The van der Waals surface area contributed by atoms with E-state index in [4.69, 9.17) is 9.47 Å². The van der Waals surface area contributed by atoms with Crippen LogP contribution in [0.2, 0.25) is 0 Å². The topological polar surface area (TPSA) is 35.5 Å². The number of hydrogen-bond acceptors (Lipinski definition) is 3. The summed E-state index contributed by atoms with van der Waals surface area (Å²) in [5.41, 5.74) is 2.88. The van der Waals surface area contributed by atoms with Crippen molar-refractivity contribution in [2.45, 2.75) is 12.5 Å². The third-order valence-corrected chi connectivity index (χ3v) is 4.36. The summed E-state index contributed by atoms with van der Waals surface area (Å²) in [7, 11) is 1.39. The maximum atomic E-state index is 11.5. The molecule has 0 amide bonds. The molecule has 23 heavy (non-hydrogen) atoms. The van der Waals surface area contributed by atoms with Crippen LogP contribution in [0.15, 0.2) is 60.7 Å². The maximum Gasteiger partial charge on any atom is 0.337 e. The van der Waals surface area contributed by atoms with E-state index in [0.717, 1.165) is 17.7 Å². The largest absolute Gasteiger partial charge is 0.485 e. The number of fused-ring (bicyclic) bond motifs is 3. The van der Waals surface area contributed by atoms with Gasteiger partial charge in [-0.2, -0.15) is 0 Å². The van der Waals surface area contributed by atoms with Crippen LogP contribution in [0.5, 0.6) is 5.75 Å². The molecule has 0 saturated heterocycles. The van der Waals surface area contributed by atoms with Gasteiger partial charge in [-0.1, -0.05) is 42.5 Å². The van der Waals surface area contributed by atoms with Gasteiger partial charge in [-0.3, -0.25) is 0 Å². The van der Waals surface area contributed by atoms with E-state index in [2.05, 4.69) is 24.3 Å². The van der Waals surface area contributed by atoms with Crippen molar-refractivity contribution < 1.29 is 14.3 Å². The molecule has 0 fully saturated rings. The van der Waals surface area contributed by atoms with Gasteiger partial charge >= 0.3 is 5.97 Å². The van der Waals surface area contributed by atoms with E-state index in [1.807, 2.05) is 24.3 Å². The highest BCUT2D eigenvalue weighted by Crippen LogP contribution is 2.40. The van der Waals surface area contributed by atoms with Crippen molar-refractivity contribution in [1.29, 1.82) is 0 Å². The van der Waals surface area contributed by atoms with Crippen LogP contribution < -0.4 is 4.74 Å². The second kappa shape index (κ2) is 5.43. The Morgan fingerprint density at radius 1 is 1.04 bits per heavy atom. The number of hydrogen-bond donors (Lipinski definition) is 0. The summed E-state index contributed by atoms with van der Waals surface area (Å²) in [4.78, 5) is 11.5. The Morgan fingerprint density at radius 3 is 2.61 bits per heavy atom. The van der Waals surface area contributed by atoms with Crippen molar-refractivity contribution in [3.63, 3.8) is 0 Å². The van der Waals surface area contributed by atoms with Gasteiger partial charge in [-0.15, -0.1) is 0 Å². The molecule has 0 N–H and O–H groups in total. The molecule has 0 saturated carbocycles. The van der Waals surface area contributed by atoms with Crippen LogP contribution in [-0.4, -0.2) is 13.1 Å². The van der Waals surface area contributed by atoms with E-state index in [1.165, 1.54) is 23.4 Å². The highest BCUT2D eigenvalue weighted by Gasteiger charge is 2.26. The van der Waals surface area contributed by atoms with Crippen LogP contribution in [0.25, 0.3) is 10.8 Å². The first-order valence-corrected chi connectivity index (χ1v) is 7.62. The third-order valence-electron chi connectivity index (χ3n) is 4.36. The minimum Gasteiger partial charge on any atom is -0.485 e. The summed E-state index contributed by atoms with van der Waals surface area (Å²) in [6.45, 7) is 0. The molecule has 1 unspecified atom stereocenters. The number of carbonyl (C=O) groups excluding carboxylic acids is 1. The van der Waals surface area contributed by atoms with Crippen LogP contribution in [0.3, 0.4) is 0 Å². The predicted molar refractivity (Wildman–Crippen MR) is 88.8 cm³/mol. The van der Waals surface area contributed by atoms with E-state index < -0.39 is 0 Å². The third kappa shape index (κ3) is 2.34. The minimum absolute atomic E-state index is 0.0116. The lowest BCUT2D eigenvalue weighted by atomic mass is 9.98. The molecule has 1 aliphatic rings. The molecule has 1 atom stereocenters. The summed E-state index contributed by atoms with van der Waals surface area (Å²) in [6, 6.07) is 19.9. The monoisotopic (exact) mass is 304 g/mol. The average molecular weight is 304 g/mol. The second-order valence-electron chi connectivity index (χ2n) is 5.69. The number of benzene rings is 3. The van der Waals surface area contributed by atoms with Crippen molar-refractivity contribution >= 4 is 16.7 Å². The van der Waals surface area contributed by atoms with E-state index >= 15 is 0 Å². The summed E-state index contributed by atoms with van der Waals surface area (Å²) in [5, 5.41) is 2.48. The Morgan fingerprint density at radius 2 is 1.83 bits per heavy atom. The number of methoxy groups -OCH3 is 1. The number of ether oxygens (including phenoxy) is 2. The number of carbonyl (C=O) groups is 1. The molecule has 0 aliphatic carbocycles. The maximum absolute atomic E-state index is 11.5. The van der Waals surface area contributed by atoms with Gasteiger partial charge in [-0.05, 0) is 34.5 Å². The highest BCUT2D eigenvalue weighted by atomic mass is 16.5. The standard InChI is InChI=1S/C20H16O3/c1-22-20(21)15-8-6-14(7-9-15)19-12-17-16-5-3-2-4-13(16)10-11-18(17)23-19/h2-11,19H,12H2,1H3. The molecular weight excluding hydrogens is 288 g/mol. The van der Waals surface area contributed by atoms with Gasteiger partial charge in [0.25, 0.3) is 0 Å². The zero-order chi connectivity index (χ0) is 15.8. The lowest BCUT2D eigenvalue weighted by Gasteiger charge is -2.11. The van der Waals surface area contributed by atoms with Crippen molar-refractivity contribution in [2.75, 3.05) is 7.11 Å². The molecule has 3 aromatic rings. The first-order valence-electron chi connectivity index (χ1n) is 7.62. The molecule has 3 nitrogen and oxygen atoms in total. The second-order valence-corrected chi connectivity index (χ2v) is 5.69. The Balaban J connectivity index is 1.65. The molecule has 0 bridgehead atoms. The van der Waals surface area contributed by atoms with Crippen molar-refractivity contribution in [3.8, 4) is 5.75 Å². The van der Waals surface area contributed by atoms with E-state index in [-0.39, 0.29) is 12.1 Å². The molecule has 1 heterocycles. The van der Waals surface area contributed by atoms with Gasteiger partial charge in [0, 0.05) is 12.0 Å². The van der Waals surface area contributed by atoms with Gasteiger partial charge in [0.2, 0.25) is 0 Å². The van der Waals surface area contributed by atoms with Crippen molar-refractivity contribution in [2.24, 2.45) is 0 Å². The molecule has 0 radical (unpaired) electrons. The normalized spacial score (nSPS) is 16.0. The molecule has 0 aromatic heterocycles. The first-order chi connectivity index (χ1) is 11.3. The fourth-order valence-corrected chi connectivity index (χ4v) is 3.15. The number of rotatable bonds is 2. The molecule has 1 aliphatic heterocycles. The summed E-state index contributed by atoms with van der Waals surface area (Å²) in [6.07, 6.45) is 0.830. The Labute approximate surface area is 134 Å². The average Bonchev–Trinajstić information content (AvgIpc) is 3.06. The summed E-state index contributed by atoms with van der Waals surface area (Å²) >= 11 is 0. The van der Waals surface area contributed by atoms with Crippen LogP contribution in [0, 0.1) is 0 Å². The van der Waals surface area contributed by atoms with Gasteiger partial charge in [0.15, 0.2) is 0 Å². The zero-order valence-corrected chi connectivity index (χ0v) is 12.8. The van der Waals surface area contributed by atoms with Gasteiger partial charge in [0.05, 0.1) is 12.7 Å². The van der Waals surface area contributed by atoms with Crippen molar-refractivity contribution in [1.82, 2.24) is 0 Å². The number of esters is 1. The van der Waals surface area contributed by atoms with Crippen LogP contribution in [-0.2, 0) is 11.2 Å². The lowest BCUT2D eigenvalue weighted by Crippen LogP contribution is -2.05. The smallest absolute Gasteiger partial charge is 0.337 e. The quantitative estimate of drug-likeness (QED) is 0.662. The molecule has 3 heteroatoms. The van der Waals surface area contributed by atoms with E-state index in [1.54, 1.807) is 12.1 Å². The predicted octanol–water partition coefficient (Wildman–Crippen LogP) is 4.30. The van der Waals surface area contributed by atoms with Gasteiger partial charge in [-0.25, -0.2) is 4.79 Å². The van der Waals surface area contributed by atoms with Gasteiger partial charge < -0.3 is 9.47 Å². The van der Waals surface area contributed by atoms with E-state index in [0.29, 0.717) is 5.56 Å². The summed E-state index contributed by atoms with van der Waals surface area (Å²) < 4.78 is 10.8. The molecule has 4 rings (SSSR count). The fraction of sp³-hybridized carbons (Fsp3) is 0.150. The lowest BCUT2D eigenvalue weighted by molar-refractivity contribution is 0.0600. The van der Waals surface area contributed by atoms with Crippen molar-refractivity contribution in [3.05, 3.63) is 77.4 Å². The SMILES string of the molecule is COC(=O)c1ccc(C2Cc3c(ccc4ccccc34)O2)cc1. The zero-order valence-electron chi connectivity index (χ0n) is 12.8. The first kappa shape index (κ1) is 13.8. The van der Waals surface area contributed by atoms with Crippen LogP contribution in [0.1, 0.15) is 27.6 Å². The molecule has 3 aromatic carbocycles. The summed E-state index contributed by atoms with van der Waals surface area (Å²) in [5.74, 6) is 0.629. The Bertz CT molecular complexity index is 881.